The minimum Gasteiger partial charge on any atom is -0.443 e. The lowest BCUT2D eigenvalue weighted by molar-refractivity contribution is 0.0564. The molecule has 2 heterocycles. The molecule has 1 saturated carbocycles. The molecule has 0 bridgehead atoms. The van der Waals surface area contributed by atoms with Crippen molar-refractivity contribution >= 4 is 11.9 Å². The van der Waals surface area contributed by atoms with Gasteiger partial charge in [-0.3, -0.25) is 9.80 Å². The Hall–Kier alpha value is -2.40. The van der Waals surface area contributed by atoms with E-state index in [-0.39, 0.29) is 12.1 Å². The van der Waals surface area contributed by atoms with Crippen LogP contribution in [-0.2, 0) is 11.3 Å². The van der Waals surface area contributed by atoms with Crippen molar-refractivity contribution in [2.45, 2.75) is 83.5 Å². The molecule has 1 saturated heterocycles. The predicted molar refractivity (Wildman–Crippen MR) is 124 cm³/mol. The van der Waals surface area contributed by atoms with Gasteiger partial charge in [0.15, 0.2) is 0 Å². The van der Waals surface area contributed by atoms with Crippen molar-refractivity contribution < 1.29 is 9.53 Å². The number of ether oxygens (including phenoxy) is 1. The quantitative estimate of drug-likeness (QED) is 0.585. The second kappa shape index (κ2) is 9.39. The van der Waals surface area contributed by atoms with Crippen LogP contribution in [0, 0.1) is 0 Å². The van der Waals surface area contributed by atoms with Gasteiger partial charge in [0.2, 0.25) is 0 Å². The van der Waals surface area contributed by atoms with E-state index in [9.17, 15) is 4.79 Å². The molecule has 31 heavy (non-hydrogen) atoms. The Labute approximate surface area is 186 Å². The molecule has 1 aliphatic heterocycles. The Balaban J connectivity index is 1.51. The summed E-state index contributed by atoms with van der Waals surface area (Å²) in [7, 11) is 0. The normalized spacial score (nSPS) is 20.2. The van der Waals surface area contributed by atoms with Crippen molar-refractivity contribution in [2.75, 3.05) is 11.4 Å². The van der Waals surface area contributed by atoms with Gasteiger partial charge < -0.3 is 4.74 Å². The number of hydrogen-bond acceptors (Lipinski definition) is 4. The molecular weight excluding hydrogens is 386 g/mol. The highest BCUT2D eigenvalue weighted by Crippen LogP contribution is 2.34. The molecule has 0 radical (unpaired) electrons. The number of anilines is 1. The molecule has 1 atom stereocenters. The lowest BCUT2D eigenvalue weighted by Crippen LogP contribution is -2.43. The Kier molecular flexibility index (Phi) is 6.61. The van der Waals surface area contributed by atoms with Gasteiger partial charge in [-0.05, 0) is 70.2 Å². The van der Waals surface area contributed by atoms with E-state index in [0.717, 1.165) is 45.2 Å². The first-order valence-electron chi connectivity index (χ1n) is 11.7. The summed E-state index contributed by atoms with van der Waals surface area (Å²) in [5.74, 6) is 0.706. The van der Waals surface area contributed by atoms with Gasteiger partial charge in [0.05, 0.1) is 0 Å². The Morgan fingerprint density at radius 3 is 2.45 bits per heavy atom. The molecule has 1 aliphatic carbocycles. The molecule has 0 unspecified atom stereocenters. The fourth-order valence-electron chi connectivity index (χ4n) is 4.85. The summed E-state index contributed by atoms with van der Waals surface area (Å²) in [4.78, 5) is 22.1. The van der Waals surface area contributed by atoms with Crippen molar-refractivity contribution in [2.24, 2.45) is 0 Å². The van der Waals surface area contributed by atoms with E-state index < -0.39 is 5.60 Å². The van der Waals surface area contributed by atoms with E-state index >= 15 is 0 Å². The largest absolute Gasteiger partial charge is 0.443 e. The van der Waals surface area contributed by atoms with Crippen LogP contribution in [0.25, 0.3) is 0 Å². The molecule has 2 aromatic rings. The number of pyridine rings is 1. The van der Waals surface area contributed by atoms with E-state index in [4.69, 9.17) is 9.72 Å². The third kappa shape index (κ3) is 5.45. The lowest BCUT2D eigenvalue weighted by atomic mass is 10.1. The maximum absolute atomic E-state index is 13.0. The first-order chi connectivity index (χ1) is 14.9. The summed E-state index contributed by atoms with van der Waals surface area (Å²) in [6.45, 7) is 7.80. The Morgan fingerprint density at radius 1 is 1.06 bits per heavy atom. The molecule has 0 N–H and O–H groups in total. The van der Waals surface area contributed by atoms with Crippen LogP contribution < -0.4 is 4.90 Å². The molecule has 0 spiro atoms. The van der Waals surface area contributed by atoms with E-state index in [2.05, 4.69) is 41.3 Å². The molecule has 5 nitrogen and oxygen atoms in total. The molecule has 4 rings (SSSR count). The van der Waals surface area contributed by atoms with Gasteiger partial charge in [-0.1, -0.05) is 49.2 Å². The summed E-state index contributed by atoms with van der Waals surface area (Å²) in [6.07, 6.45) is 8.35. The first kappa shape index (κ1) is 21.8. The minimum absolute atomic E-state index is 0.175. The van der Waals surface area contributed by atoms with Gasteiger partial charge in [-0.25, -0.2) is 9.78 Å². The van der Waals surface area contributed by atoms with Gasteiger partial charge >= 0.3 is 6.09 Å². The number of aromatic nitrogens is 1. The third-order valence-corrected chi connectivity index (χ3v) is 6.27. The Bertz CT molecular complexity index is 854. The molecule has 166 valence electrons. The highest BCUT2D eigenvalue weighted by molar-refractivity contribution is 5.87. The van der Waals surface area contributed by atoms with E-state index in [0.29, 0.717) is 11.9 Å². The summed E-state index contributed by atoms with van der Waals surface area (Å²) in [5.41, 5.74) is 2.06. The number of carbonyl (C=O) groups is 1. The number of likely N-dealkylation sites (tertiary alicyclic amines) is 1. The zero-order chi connectivity index (χ0) is 21.8. The zero-order valence-corrected chi connectivity index (χ0v) is 19.1. The molecule has 1 aromatic carbocycles. The fourth-order valence-corrected chi connectivity index (χ4v) is 4.85. The monoisotopic (exact) mass is 421 g/mol. The fraction of sp³-hybridized carbons (Fsp3) is 0.538. The Morgan fingerprint density at radius 2 is 1.81 bits per heavy atom. The van der Waals surface area contributed by atoms with Crippen LogP contribution in [-0.4, -0.2) is 34.2 Å². The smallest absolute Gasteiger partial charge is 0.416 e. The highest BCUT2D eigenvalue weighted by atomic mass is 16.6. The summed E-state index contributed by atoms with van der Waals surface area (Å²) in [6, 6.07) is 15.4. The van der Waals surface area contributed by atoms with Crippen LogP contribution in [0.2, 0.25) is 0 Å². The maximum Gasteiger partial charge on any atom is 0.416 e. The maximum atomic E-state index is 13.0. The van der Waals surface area contributed by atoms with E-state index in [1.807, 2.05) is 33.0 Å². The summed E-state index contributed by atoms with van der Waals surface area (Å²) in [5, 5.41) is 0. The van der Waals surface area contributed by atoms with Gasteiger partial charge in [0, 0.05) is 24.8 Å². The number of benzene rings is 1. The molecular formula is C26H35N3O2. The molecule has 1 amide bonds. The lowest BCUT2D eigenvalue weighted by Gasteiger charge is -2.31. The van der Waals surface area contributed by atoms with Gasteiger partial charge in [0.25, 0.3) is 0 Å². The average Bonchev–Trinajstić information content (AvgIpc) is 3.41. The first-order valence-corrected chi connectivity index (χ1v) is 11.7. The highest BCUT2D eigenvalue weighted by Gasteiger charge is 2.33. The molecule has 1 aromatic heterocycles. The second-order valence-corrected chi connectivity index (χ2v) is 9.85. The number of hydrogen-bond donors (Lipinski definition) is 0. The van der Waals surface area contributed by atoms with Crippen LogP contribution in [0.4, 0.5) is 10.6 Å². The second-order valence-electron chi connectivity index (χ2n) is 9.85. The summed E-state index contributed by atoms with van der Waals surface area (Å²) >= 11 is 0. The van der Waals surface area contributed by atoms with Gasteiger partial charge in [0.1, 0.15) is 11.4 Å². The van der Waals surface area contributed by atoms with E-state index in [1.54, 1.807) is 4.90 Å². The number of amides is 1. The summed E-state index contributed by atoms with van der Waals surface area (Å²) < 4.78 is 5.72. The molecule has 2 aliphatic rings. The topological polar surface area (TPSA) is 45.7 Å². The average molecular weight is 422 g/mol. The van der Waals surface area contributed by atoms with E-state index in [1.165, 1.54) is 17.5 Å². The van der Waals surface area contributed by atoms with Crippen molar-refractivity contribution in [3.63, 3.8) is 0 Å². The van der Waals surface area contributed by atoms with Crippen LogP contribution in [0.5, 0.6) is 0 Å². The van der Waals surface area contributed by atoms with Crippen LogP contribution in [0.3, 0.4) is 0 Å². The SMILES string of the molecule is CC(C)(C)OC(=O)N(c1ccc([C@@H]2CCCN2Cc2ccccc2)cn1)C1CCCC1. The molecule has 5 heteroatoms. The standard InChI is InChI=1S/C26H35N3O2/c1-26(2,3)31-25(30)29(22-12-7-8-13-22)24-16-15-21(18-27-24)23-14-9-17-28(23)19-20-10-5-4-6-11-20/h4-6,10-11,15-16,18,22-23H,7-9,12-14,17,19H2,1-3H3/t23-/m0/s1. The van der Waals surface area contributed by atoms with Crippen molar-refractivity contribution in [3.8, 4) is 0 Å². The van der Waals surface area contributed by atoms with Gasteiger partial charge in [-0.2, -0.15) is 0 Å². The minimum atomic E-state index is -0.518. The third-order valence-electron chi connectivity index (χ3n) is 6.27. The van der Waals surface area contributed by atoms with Crippen LogP contribution in [0.1, 0.15) is 76.5 Å². The number of rotatable bonds is 5. The molecule has 2 fully saturated rings. The predicted octanol–water partition coefficient (Wildman–Crippen LogP) is 6.10. The number of nitrogens with zero attached hydrogens (tertiary/aromatic N) is 3. The van der Waals surface area contributed by atoms with Crippen LogP contribution in [0.15, 0.2) is 48.7 Å². The van der Waals surface area contributed by atoms with Crippen LogP contribution >= 0.6 is 0 Å². The van der Waals surface area contributed by atoms with Gasteiger partial charge in [-0.15, -0.1) is 0 Å². The number of carbonyl (C=O) groups excluding carboxylic acids is 1. The zero-order valence-electron chi connectivity index (χ0n) is 19.1. The van der Waals surface area contributed by atoms with Crippen molar-refractivity contribution in [3.05, 3.63) is 59.8 Å². The van der Waals surface area contributed by atoms with Crippen molar-refractivity contribution in [1.82, 2.24) is 9.88 Å². The van der Waals surface area contributed by atoms with Crippen molar-refractivity contribution in [1.29, 1.82) is 0 Å².